The average molecular weight is 351 g/mol. The molecule has 1 fully saturated rings. The van der Waals surface area contributed by atoms with E-state index in [0.717, 1.165) is 18.4 Å². The van der Waals surface area contributed by atoms with E-state index in [2.05, 4.69) is 15.0 Å². The number of carbonyl (C=O) groups is 1. The highest BCUT2D eigenvalue weighted by atomic mass is 16.3. The highest BCUT2D eigenvalue weighted by molar-refractivity contribution is 6.00. The molecular formula is C19H21N5O2. The third-order valence-corrected chi connectivity index (χ3v) is 4.94. The van der Waals surface area contributed by atoms with Crippen LogP contribution in [0.5, 0.6) is 0 Å². The van der Waals surface area contributed by atoms with E-state index in [-0.39, 0.29) is 18.4 Å². The molecule has 3 aromatic rings. The second-order valence-electron chi connectivity index (χ2n) is 6.66. The smallest absolute Gasteiger partial charge is 0.270 e. The molecule has 1 aromatic carbocycles. The largest absolute Gasteiger partial charge is 0.396 e. The van der Waals surface area contributed by atoms with Crippen molar-refractivity contribution in [2.45, 2.75) is 12.8 Å². The first-order valence-corrected chi connectivity index (χ1v) is 8.77. The summed E-state index contributed by atoms with van der Waals surface area (Å²) in [7, 11) is 0. The van der Waals surface area contributed by atoms with Gasteiger partial charge in [-0.1, -0.05) is 30.3 Å². The molecule has 4 N–H and O–H groups in total. The Morgan fingerprint density at radius 1 is 1.23 bits per heavy atom. The molecule has 0 atom stereocenters. The van der Waals surface area contributed by atoms with Crippen molar-refractivity contribution in [1.29, 1.82) is 0 Å². The van der Waals surface area contributed by atoms with Gasteiger partial charge < -0.3 is 20.7 Å². The van der Waals surface area contributed by atoms with Gasteiger partial charge in [-0.05, 0) is 24.8 Å². The molecule has 7 nitrogen and oxygen atoms in total. The number of rotatable bonds is 3. The summed E-state index contributed by atoms with van der Waals surface area (Å²) in [4.78, 5) is 26.6. The topological polar surface area (TPSA) is 108 Å². The average Bonchev–Trinajstić information content (AvgIpc) is 3.13. The SMILES string of the molecule is Nc1nc(-c2ccccc2)nc2[nH]c(C(=O)N3CCC(CO)CC3)cc12. The number of aliphatic hydroxyl groups excluding tert-OH is 1. The van der Waals surface area contributed by atoms with Crippen LogP contribution in [0.25, 0.3) is 22.4 Å². The first-order chi connectivity index (χ1) is 12.7. The predicted molar refractivity (Wildman–Crippen MR) is 99.5 cm³/mol. The fourth-order valence-corrected chi connectivity index (χ4v) is 3.35. The Hall–Kier alpha value is -2.93. The van der Waals surface area contributed by atoms with Crippen molar-refractivity contribution in [3.05, 3.63) is 42.1 Å². The molecule has 1 saturated heterocycles. The Kier molecular flexibility index (Phi) is 4.30. The first-order valence-electron chi connectivity index (χ1n) is 8.77. The van der Waals surface area contributed by atoms with Crippen LogP contribution in [0.2, 0.25) is 0 Å². The van der Waals surface area contributed by atoms with Crippen molar-refractivity contribution < 1.29 is 9.90 Å². The lowest BCUT2D eigenvalue weighted by Gasteiger charge is -2.30. The fraction of sp³-hybridized carbons (Fsp3) is 0.316. The van der Waals surface area contributed by atoms with Crippen LogP contribution < -0.4 is 5.73 Å². The summed E-state index contributed by atoms with van der Waals surface area (Å²) in [6.07, 6.45) is 1.64. The van der Waals surface area contributed by atoms with Gasteiger partial charge in [0.05, 0.1) is 5.39 Å². The molecule has 0 radical (unpaired) electrons. The number of likely N-dealkylation sites (tertiary alicyclic amines) is 1. The van der Waals surface area contributed by atoms with Crippen molar-refractivity contribution in [2.24, 2.45) is 5.92 Å². The number of carbonyl (C=O) groups excluding carboxylic acids is 1. The number of hydrogen-bond acceptors (Lipinski definition) is 5. The highest BCUT2D eigenvalue weighted by Gasteiger charge is 2.25. The Morgan fingerprint density at radius 3 is 2.65 bits per heavy atom. The number of amides is 1. The second-order valence-corrected chi connectivity index (χ2v) is 6.66. The number of nitrogens with one attached hydrogen (secondary N) is 1. The number of nitrogen functional groups attached to an aromatic ring is 1. The quantitative estimate of drug-likeness (QED) is 0.669. The van der Waals surface area contributed by atoms with E-state index >= 15 is 0 Å². The molecule has 1 aliphatic rings. The van der Waals surface area contributed by atoms with Gasteiger partial charge in [0.25, 0.3) is 5.91 Å². The molecule has 0 bridgehead atoms. The van der Waals surface area contributed by atoms with E-state index in [0.29, 0.717) is 41.5 Å². The van der Waals surface area contributed by atoms with E-state index in [9.17, 15) is 9.90 Å². The lowest BCUT2D eigenvalue weighted by molar-refractivity contribution is 0.0646. The number of benzene rings is 1. The summed E-state index contributed by atoms with van der Waals surface area (Å²) in [5.41, 5.74) is 8.00. The second kappa shape index (κ2) is 6.76. The van der Waals surface area contributed by atoms with Crippen LogP contribution in [0.4, 0.5) is 5.82 Å². The molecule has 0 unspecified atom stereocenters. The zero-order valence-corrected chi connectivity index (χ0v) is 14.4. The predicted octanol–water partition coefficient (Wildman–Crippen LogP) is 2.05. The number of nitrogens with two attached hydrogens (primary N) is 1. The molecule has 1 amide bonds. The van der Waals surface area contributed by atoms with Crippen LogP contribution in [0.1, 0.15) is 23.3 Å². The van der Waals surface area contributed by atoms with Gasteiger partial charge in [0.1, 0.15) is 17.2 Å². The van der Waals surface area contributed by atoms with Gasteiger partial charge in [0.2, 0.25) is 0 Å². The zero-order chi connectivity index (χ0) is 18.1. The van der Waals surface area contributed by atoms with Crippen molar-refractivity contribution in [2.75, 3.05) is 25.4 Å². The summed E-state index contributed by atoms with van der Waals surface area (Å²) in [6, 6.07) is 11.3. The van der Waals surface area contributed by atoms with E-state index in [1.54, 1.807) is 11.0 Å². The molecule has 4 rings (SSSR count). The number of nitrogens with zero attached hydrogens (tertiary/aromatic N) is 3. The Morgan fingerprint density at radius 2 is 1.96 bits per heavy atom. The molecule has 0 saturated carbocycles. The molecule has 0 spiro atoms. The number of H-pyrrole nitrogens is 1. The molecule has 26 heavy (non-hydrogen) atoms. The van der Waals surface area contributed by atoms with Crippen LogP contribution in [0.15, 0.2) is 36.4 Å². The fourth-order valence-electron chi connectivity index (χ4n) is 3.35. The Labute approximate surface area is 150 Å². The van der Waals surface area contributed by atoms with Crippen molar-refractivity contribution in [3.8, 4) is 11.4 Å². The van der Waals surface area contributed by atoms with Gasteiger partial charge in [-0.2, -0.15) is 0 Å². The molecule has 1 aliphatic heterocycles. The zero-order valence-electron chi connectivity index (χ0n) is 14.4. The van der Waals surface area contributed by atoms with E-state index in [1.165, 1.54) is 0 Å². The third kappa shape index (κ3) is 3.01. The van der Waals surface area contributed by atoms with Gasteiger partial charge in [0, 0.05) is 25.3 Å². The van der Waals surface area contributed by atoms with Crippen LogP contribution in [-0.2, 0) is 0 Å². The number of fused-ring (bicyclic) bond motifs is 1. The third-order valence-electron chi connectivity index (χ3n) is 4.94. The minimum atomic E-state index is -0.0694. The standard InChI is InChI=1S/C19H21N5O2/c20-16-14-10-15(19(26)24-8-6-12(11-25)7-9-24)21-18(14)23-17(22-16)13-4-2-1-3-5-13/h1-5,10,12,25H,6-9,11H2,(H3,20,21,22,23). The molecule has 0 aliphatic carbocycles. The van der Waals surface area contributed by atoms with Crippen LogP contribution >= 0.6 is 0 Å². The molecule has 3 heterocycles. The van der Waals surface area contributed by atoms with E-state index in [1.807, 2.05) is 30.3 Å². The van der Waals surface area contributed by atoms with Crippen molar-refractivity contribution in [3.63, 3.8) is 0 Å². The lowest BCUT2D eigenvalue weighted by Crippen LogP contribution is -2.39. The van der Waals surface area contributed by atoms with Gasteiger partial charge >= 0.3 is 0 Å². The van der Waals surface area contributed by atoms with Crippen molar-refractivity contribution in [1.82, 2.24) is 19.9 Å². The molecular weight excluding hydrogens is 330 g/mol. The van der Waals surface area contributed by atoms with Gasteiger partial charge in [-0.3, -0.25) is 4.79 Å². The van der Waals surface area contributed by atoms with Crippen LogP contribution in [-0.4, -0.2) is 50.6 Å². The van der Waals surface area contributed by atoms with E-state index < -0.39 is 0 Å². The summed E-state index contributed by atoms with van der Waals surface area (Å²) in [6.45, 7) is 1.48. The van der Waals surface area contributed by atoms with Gasteiger partial charge in [0.15, 0.2) is 5.82 Å². The summed E-state index contributed by atoms with van der Waals surface area (Å²) >= 11 is 0. The Balaban J connectivity index is 1.63. The maximum atomic E-state index is 12.8. The summed E-state index contributed by atoms with van der Waals surface area (Å²) < 4.78 is 0. The van der Waals surface area contributed by atoms with Crippen molar-refractivity contribution >= 4 is 22.8 Å². The summed E-state index contributed by atoms with van der Waals surface area (Å²) in [5, 5.41) is 9.89. The first kappa shape index (κ1) is 16.5. The molecule has 134 valence electrons. The number of hydrogen-bond donors (Lipinski definition) is 3. The lowest BCUT2D eigenvalue weighted by atomic mass is 9.98. The monoisotopic (exact) mass is 351 g/mol. The number of anilines is 1. The van der Waals surface area contributed by atoms with Gasteiger partial charge in [-0.25, -0.2) is 9.97 Å². The highest BCUT2D eigenvalue weighted by Crippen LogP contribution is 2.25. The molecule has 2 aromatic heterocycles. The van der Waals surface area contributed by atoms with E-state index in [4.69, 9.17) is 5.73 Å². The number of aromatic amines is 1. The minimum Gasteiger partial charge on any atom is -0.396 e. The summed E-state index contributed by atoms with van der Waals surface area (Å²) in [5.74, 6) is 1.10. The minimum absolute atomic E-state index is 0.0694. The van der Waals surface area contributed by atoms with Gasteiger partial charge in [-0.15, -0.1) is 0 Å². The number of piperidine rings is 1. The number of aliphatic hydroxyl groups is 1. The maximum absolute atomic E-state index is 12.8. The normalized spacial score (nSPS) is 15.5. The number of aromatic nitrogens is 3. The Bertz CT molecular complexity index is 930. The maximum Gasteiger partial charge on any atom is 0.270 e. The molecule has 7 heteroatoms. The van der Waals surface area contributed by atoms with Crippen LogP contribution in [0, 0.1) is 5.92 Å². The van der Waals surface area contributed by atoms with Crippen LogP contribution in [0.3, 0.4) is 0 Å².